The Bertz CT molecular complexity index is 819. The molecule has 0 aliphatic heterocycles. The molecule has 1 rings (SSSR count). The van der Waals surface area contributed by atoms with Gasteiger partial charge in [0.05, 0.1) is 6.61 Å². The number of carbonyl (C=O) groups excluding carboxylic acids is 1. The molecule has 0 saturated heterocycles. The zero-order valence-corrected chi connectivity index (χ0v) is 26.3. The van der Waals surface area contributed by atoms with Crippen LogP contribution in [0.15, 0.2) is 9.59 Å². The van der Waals surface area contributed by atoms with Crippen LogP contribution in [-0.4, -0.2) is 50.7 Å². The number of hydrogen-bond acceptors (Lipinski definition) is 7. The van der Waals surface area contributed by atoms with Gasteiger partial charge < -0.3 is 20.3 Å². The van der Waals surface area contributed by atoms with Crippen LogP contribution in [0, 0.1) is 0 Å². The van der Waals surface area contributed by atoms with Crippen molar-refractivity contribution in [1.29, 1.82) is 0 Å². The molecular formula is C33H61N3O4. The molecule has 40 heavy (non-hydrogen) atoms. The second kappa shape index (κ2) is 24.9. The molecule has 0 aromatic heterocycles. The maximum atomic E-state index is 11.9. The first-order chi connectivity index (χ1) is 19.5. The standard InChI is InChI=1S/C33H61N3O4/c1-4-6-8-10-12-14-18-23-29(37)40-28-21-17-13-16-20-26-36(25-19-15-11-9-7-5-2)27-22-24-35-31-30(34-3)32(38)33(31)39/h34-35H,4-28H2,1-3H3. The third kappa shape index (κ3) is 17.0. The number of rotatable bonds is 29. The summed E-state index contributed by atoms with van der Waals surface area (Å²) in [4.78, 5) is 37.8. The number of carbonyl (C=O) groups is 1. The van der Waals surface area contributed by atoms with Gasteiger partial charge in [0.15, 0.2) is 0 Å². The predicted molar refractivity (Wildman–Crippen MR) is 170 cm³/mol. The van der Waals surface area contributed by atoms with Crippen molar-refractivity contribution < 1.29 is 9.53 Å². The molecule has 2 N–H and O–H groups in total. The van der Waals surface area contributed by atoms with Crippen LogP contribution in [0.1, 0.15) is 142 Å². The molecule has 0 radical (unpaired) electrons. The fourth-order valence-corrected chi connectivity index (χ4v) is 5.22. The first-order valence-electron chi connectivity index (χ1n) is 16.7. The second-order valence-corrected chi connectivity index (χ2v) is 11.4. The summed E-state index contributed by atoms with van der Waals surface area (Å²) in [6.45, 7) is 8.98. The van der Waals surface area contributed by atoms with Gasteiger partial charge in [0.1, 0.15) is 11.4 Å². The summed E-state index contributed by atoms with van der Waals surface area (Å²) in [6.07, 6.45) is 23.5. The highest BCUT2D eigenvalue weighted by atomic mass is 16.5. The van der Waals surface area contributed by atoms with Crippen LogP contribution in [0.2, 0.25) is 0 Å². The highest BCUT2D eigenvalue weighted by Gasteiger charge is 2.18. The molecule has 0 bridgehead atoms. The van der Waals surface area contributed by atoms with Gasteiger partial charge in [0.2, 0.25) is 0 Å². The smallest absolute Gasteiger partial charge is 0.305 e. The largest absolute Gasteiger partial charge is 0.466 e. The van der Waals surface area contributed by atoms with Crippen molar-refractivity contribution in [2.45, 2.75) is 142 Å². The Hall–Kier alpha value is -1.89. The summed E-state index contributed by atoms with van der Waals surface area (Å²) in [6, 6.07) is 0. The van der Waals surface area contributed by atoms with Gasteiger partial charge >= 0.3 is 5.97 Å². The summed E-state index contributed by atoms with van der Waals surface area (Å²) < 4.78 is 5.42. The fraction of sp³-hybridized carbons (Fsp3) is 0.848. The van der Waals surface area contributed by atoms with Crippen molar-refractivity contribution in [2.75, 3.05) is 50.5 Å². The molecule has 1 aromatic rings. The van der Waals surface area contributed by atoms with Gasteiger partial charge in [0, 0.05) is 20.0 Å². The van der Waals surface area contributed by atoms with E-state index >= 15 is 0 Å². The molecule has 0 spiro atoms. The Labute approximate surface area is 244 Å². The van der Waals surface area contributed by atoms with E-state index in [2.05, 4.69) is 29.4 Å². The minimum Gasteiger partial charge on any atom is -0.466 e. The quantitative estimate of drug-likeness (QED) is 0.0595. The number of nitrogens with one attached hydrogen (secondary N) is 2. The van der Waals surface area contributed by atoms with Crippen molar-refractivity contribution in [2.24, 2.45) is 0 Å². The predicted octanol–water partition coefficient (Wildman–Crippen LogP) is 7.42. The van der Waals surface area contributed by atoms with Gasteiger partial charge in [0.25, 0.3) is 10.9 Å². The number of esters is 1. The number of ether oxygens (including phenoxy) is 1. The fourth-order valence-electron chi connectivity index (χ4n) is 5.22. The molecule has 7 heteroatoms. The number of hydrogen-bond donors (Lipinski definition) is 2. The lowest BCUT2D eigenvalue weighted by atomic mass is 10.1. The van der Waals surface area contributed by atoms with E-state index in [0.29, 0.717) is 30.9 Å². The Morgan fingerprint density at radius 1 is 0.625 bits per heavy atom. The average molecular weight is 564 g/mol. The first kappa shape index (κ1) is 36.1. The molecule has 7 nitrogen and oxygen atoms in total. The summed E-state index contributed by atoms with van der Waals surface area (Å²) in [5.41, 5.74) is 0.0305. The van der Waals surface area contributed by atoms with E-state index in [9.17, 15) is 14.4 Å². The Morgan fingerprint density at radius 2 is 1.10 bits per heavy atom. The molecule has 0 saturated carbocycles. The molecule has 0 amide bonds. The summed E-state index contributed by atoms with van der Waals surface area (Å²) >= 11 is 0. The van der Waals surface area contributed by atoms with Crippen LogP contribution in [0.5, 0.6) is 0 Å². The van der Waals surface area contributed by atoms with Gasteiger partial charge in [-0.1, -0.05) is 104 Å². The SMILES string of the molecule is CCCCCCCCCC(=O)OCCCCCCCN(CCCCCCCC)CCCNc1c(NC)c(=O)c1=O. The van der Waals surface area contributed by atoms with Gasteiger partial charge in [-0.15, -0.1) is 0 Å². The topological polar surface area (TPSA) is 87.7 Å². The van der Waals surface area contributed by atoms with Crippen LogP contribution in [0.4, 0.5) is 11.4 Å². The minimum atomic E-state index is -0.420. The van der Waals surface area contributed by atoms with Gasteiger partial charge in [-0.25, -0.2) is 0 Å². The molecule has 232 valence electrons. The van der Waals surface area contributed by atoms with Crippen LogP contribution in [-0.2, 0) is 9.53 Å². The lowest BCUT2D eigenvalue weighted by Crippen LogP contribution is -2.37. The lowest BCUT2D eigenvalue weighted by molar-refractivity contribution is -0.143. The number of unbranched alkanes of at least 4 members (excludes halogenated alkanes) is 15. The van der Waals surface area contributed by atoms with E-state index in [-0.39, 0.29) is 5.97 Å². The molecular weight excluding hydrogens is 502 g/mol. The average Bonchev–Trinajstić information content (AvgIpc) is 2.96. The van der Waals surface area contributed by atoms with E-state index in [1.165, 1.54) is 89.9 Å². The first-order valence-corrected chi connectivity index (χ1v) is 16.7. The van der Waals surface area contributed by atoms with E-state index in [0.717, 1.165) is 51.7 Å². The van der Waals surface area contributed by atoms with Crippen LogP contribution < -0.4 is 21.5 Å². The third-order valence-electron chi connectivity index (χ3n) is 7.81. The maximum absolute atomic E-state index is 11.9. The summed E-state index contributed by atoms with van der Waals surface area (Å²) in [5.74, 6) is -0.0277. The van der Waals surface area contributed by atoms with E-state index in [1.54, 1.807) is 7.05 Å². The molecule has 0 fully saturated rings. The number of anilines is 2. The molecule has 0 atom stereocenters. The third-order valence-corrected chi connectivity index (χ3v) is 7.81. The van der Waals surface area contributed by atoms with E-state index < -0.39 is 10.9 Å². The lowest BCUT2D eigenvalue weighted by Gasteiger charge is -2.23. The highest BCUT2D eigenvalue weighted by Crippen LogP contribution is 2.14. The highest BCUT2D eigenvalue weighted by molar-refractivity contribution is 5.73. The summed E-state index contributed by atoms with van der Waals surface area (Å²) in [7, 11) is 1.67. The zero-order valence-electron chi connectivity index (χ0n) is 26.3. The van der Waals surface area contributed by atoms with Gasteiger partial charge in [-0.3, -0.25) is 14.4 Å². The molecule has 0 unspecified atom stereocenters. The van der Waals surface area contributed by atoms with E-state index in [4.69, 9.17) is 4.74 Å². The summed E-state index contributed by atoms with van der Waals surface area (Å²) in [5, 5.41) is 5.97. The Balaban J connectivity index is 2.15. The van der Waals surface area contributed by atoms with Crippen molar-refractivity contribution in [1.82, 2.24) is 4.90 Å². The monoisotopic (exact) mass is 563 g/mol. The number of nitrogens with zero attached hydrogens (tertiary/aromatic N) is 1. The van der Waals surface area contributed by atoms with Crippen molar-refractivity contribution >= 4 is 17.3 Å². The molecule has 0 aliphatic carbocycles. The van der Waals surface area contributed by atoms with Gasteiger partial charge in [-0.05, 0) is 51.7 Å². The van der Waals surface area contributed by atoms with Crippen LogP contribution in [0.25, 0.3) is 0 Å². The van der Waals surface area contributed by atoms with Crippen molar-refractivity contribution in [3.63, 3.8) is 0 Å². The molecule has 0 aliphatic rings. The Morgan fingerprint density at radius 3 is 1.68 bits per heavy atom. The van der Waals surface area contributed by atoms with Gasteiger partial charge in [-0.2, -0.15) is 0 Å². The maximum Gasteiger partial charge on any atom is 0.305 e. The second-order valence-electron chi connectivity index (χ2n) is 11.4. The molecule has 1 aromatic carbocycles. The zero-order chi connectivity index (χ0) is 29.3. The van der Waals surface area contributed by atoms with Crippen molar-refractivity contribution in [3.8, 4) is 0 Å². The van der Waals surface area contributed by atoms with Crippen LogP contribution >= 0.6 is 0 Å². The van der Waals surface area contributed by atoms with Crippen molar-refractivity contribution in [3.05, 3.63) is 20.4 Å². The minimum absolute atomic E-state index is 0.0277. The van der Waals surface area contributed by atoms with Crippen LogP contribution in [0.3, 0.4) is 0 Å². The normalized spacial score (nSPS) is 11.4. The van der Waals surface area contributed by atoms with E-state index in [1.807, 2.05) is 0 Å². The Kier molecular flexibility index (Phi) is 22.5. The molecule has 0 heterocycles.